The van der Waals surface area contributed by atoms with Crippen molar-refractivity contribution < 1.29 is 0 Å². The highest BCUT2D eigenvalue weighted by atomic mass is 35.5. The number of hydrogen-bond donors (Lipinski definition) is 0. The Bertz CT molecular complexity index is 368. The van der Waals surface area contributed by atoms with E-state index in [1.54, 1.807) is 10.6 Å². The Balaban J connectivity index is 3.51. The summed E-state index contributed by atoms with van der Waals surface area (Å²) in [6, 6.07) is 1.74. The maximum Gasteiger partial charge on any atom is 0.269 e. The maximum absolute atomic E-state index is 11.6. The van der Waals surface area contributed by atoms with Gasteiger partial charge in [-0.3, -0.25) is 4.79 Å². The van der Waals surface area contributed by atoms with Crippen molar-refractivity contribution in [3.05, 3.63) is 32.7 Å². The monoisotopic (exact) mass is 199 g/mol. The average Bonchev–Trinajstić information content (AvgIpc) is 2.10. The molecule has 0 amide bonds. The highest BCUT2D eigenvalue weighted by Gasteiger charge is 2.07. The Morgan fingerprint density at radius 2 is 2.08 bits per heavy atom. The summed E-state index contributed by atoms with van der Waals surface area (Å²) < 4.78 is 1.73. The molecule has 0 unspecified atom stereocenters. The largest absolute Gasteiger partial charge is 0.311 e. The number of pyridine rings is 1. The van der Waals surface area contributed by atoms with Crippen molar-refractivity contribution >= 4 is 11.6 Å². The topological polar surface area (TPSA) is 22.0 Å². The lowest BCUT2D eigenvalue weighted by atomic mass is 10.1. The third-order valence-corrected chi connectivity index (χ3v) is 2.50. The minimum Gasteiger partial charge on any atom is -0.311 e. The van der Waals surface area contributed by atoms with Gasteiger partial charge in [-0.1, -0.05) is 18.5 Å². The molecule has 0 saturated heterocycles. The number of hydrogen-bond acceptors (Lipinski definition) is 1. The van der Waals surface area contributed by atoms with Crippen LogP contribution in [-0.4, -0.2) is 4.57 Å². The molecule has 3 heteroatoms. The van der Waals surface area contributed by atoms with E-state index in [0.29, 0.717) is 11.6 Å². The van der Waals surface area contributed by atoms with E-state index in [4.69, 9.17) is 11.6 Å². The summed E-state index contributed by atoms with van der Waals surface area (Å²) in [6.07, 6.45) is 0.867. The van der Waals surface area contributed by atoms with Crippen LogP contribution in [0.5, 0.6) is 0 Å². The minimum atomic E-state index is -0.0772. The number of halogens is 1. The summed E-state index contributed by atoms with van der Waals surface area (Å²) in [4.78, 5) is 11.6. The van der Waals surface area contributed by atoms with Crippen LogP contribution >= 0.6 is 11.6 Å². The third kappa shape index (κ3) is 1.78. The Kier molecular flexibility index (Phi) is 3.15. The van der Waals surface area contributed by atoms with Crippen molar-refractivity contribution in [2.45, 2.75) is 33.7 Å². The Labute approximate surface area is 83.2 Å². The van der Waals surface area contributed by atoms with E-state index in [1.165, 1.54) is 0 Å². The fourth-order valence-electron chi connectivity index (χ4n) is 1.60. The highest BCUT2D eigenvalue weighted by molar-refractivity contribution is 6.30. The Hall–Kier alpha value is -0.760. The van der Waals surface area contributed by atoms with Gasteiger partial charge in [-0.25, -0.2) is 0 Å². The standard InChI is InChI=1S/C10H14ClNO/c1-4-9-7(3)6-8(11)10(13)12(9)5-2/h6H,4-5H2,1-3H3. The van der Waals surface area contributed by atoms with Crippen molar-refractivity contribution in [1.29, 1.82) is 0 Å². The molecule has 13 heavy (non-hydrogen) atoms. The van der Waals surface area contributed by atoms with E-state index < -0.39 is 0 Å². The normalized spacial score (nSPS) is 10.5. The molecule has 0 saturated carbocycles. The first kappa shape index (κ1) is 10.3. The summed E-state index contributed by atoms with van der Waals surface area (Å²) in [5, 5.41) is 0.316. The molecule has 0 aromatic carbocycles. The molecule has 72 valence electrons. The van der Waals surface area contributed by atoms with E-state index in [2.05, 4.69) is 0 Å². The average molecular weight is 200 g/mol. The summed E-state index contributed by atoms with van der Waals surface area (Å²) in [6.45, 7) is 6.66. The lowest BCUT2D eigenvalue weighted by Gasteiger charge is -2.12. The van der Waals surface area contributed by atoms with Crippen LogP contribution in [0.2, 0.25) is 5.02 Å². The quantitative estimate of drug-likeness (QED) is 0.717. The van der Waals surface area contributed by atoms with Crippen LogP contribution in [0.15, 0.2) is 10.9 Å². The smallest absolute Gasteiger partial charge is 0.269 e. The van der Waals surface area contributed by atoms with Gasteiger partial charge in [-0.15, -0.1) is 0 Å². The summed E-state index contributed by atoms with van der Waals surface area (Å²) >= 11 is 5.79. The first-order valence-electron chi connectivity index (χ1n) is 4.50. The van der Waals surface area contributed by atoms with Crippen LogP contribution in [-0.2, 0) is 13.0 Å². The lowest BCUT2D eigenvalue weighted by molar-refractivity contribution is 0.675. The van der Waals surface area contributed by atoms with Crippen molar-refractivity contribution in [3.63, 3.8) is 0 Å². The molecule has 0 fully saturated rings. The Morgan fingerprint density at radius 3 is 2.54 bits per heavy atom. The molecule has 0 aliphatic carbocycles. The zero-order valence-corrected chi connectivity index (χ0v) is 8.98. The van der Waals surface area contributed by atoms with Crippen LogP contribution in [0, 0.1) is 6.92 Å². The van der Waals surface area contributed by atoms with Crippen LogP contribution in [0.4, 0.5) is 0 Å². The summed E-state index contributed by atoms with van der Waals surface area (Å²) in [5.74, 6) is 0. The van der Waals surface area contributed by atoms with Crippen molar-refractivity contribution in [1.82, 2.24) is 4.57 Å². The van der Waals surface area contributed by atoms with Gasteiger partial charge in [0.1, 0.15) is 5.02 Å². The summed E-state index contributed by atoms with van der Waals surface area (Å²) in [7, 11) is 0. The Morgan fingerprint density at radius 1 is 1.46 bits per heavy atom. The van der Waals surface area contributed by atoms with Gasteiger partial charge in [0.15, 0.2) is 0 Å². The maximum atomic E-state index is 11.6. The molecule has 0 bridgehead atoms. The first-order chi connectivity index (χ1) is 6.11. The molecule has 0 aliphatic rings. The zero-order valence-electron chi connectivity index (χ0n) is 8.22. The first-order valence-corrected chi connectivity index (χ1v) is 4.88. The highest BCUT2D eigenvalue weighted by Crippen LogP contribution is 2.11. The van der Waals surface area contributed by atoms with E-state index in [0.717, 1.165) is 17.7 Å². The second-order valence-corrected chi connectivity index (χ2v) is 3.43. The molecular weight excluding hydrogens is 186 g/mol. The van der Waals surface area contributed by atoms with E-state index in [1.807, 2.05) is 20.8 Å². The zero-order chi connectivity index (χ0) is 10.0. The van der Waals surface area contributed by atoms with Gasteiger partial charge in [-0.05, 0) is 31.9 Å². The molecule has 0 atom stereocenters. The van der Waals surface area contributed by atoms with E-state index in [-0.39, 0.29) is 5.56 Å². The van der Waals surface area contributed by atoms with Crippen LogP contribution < -0.4 is 5.56 Å². The molecule has 0 radical (unpaired) electrons. The van der Waals surface area contributed by atoms with Gasteiger partial charge in [0.05, 0.1) is 0 Å². The van der Waals surface area contributed by atoms with Gasteiger partial charge in [0, 0.05) is 12.2 Å². The molecule has 0 aliphatic heterocycles. The molecule has 0 N–H and O–H groups in total. The van der Waals surface area contributed by atoms with Gasteiger partial charge in [0.2, 0.25) is 0 Å². The number of nitrogens with zero attached hydrogens (tertiary/aromatic N) is 1. The minimum absolute atomic E-state index is 0.0772. The predicted octanol–water partition coefficient (Wildman–Crippen LogP) is 2.39. The van der Waals surface area contributed by atoms with Gasteiger partial charge < -0.3 is 4.57 Å². The molecule has 0 spiro atoms. The number of aromatic nitrogens is 1. The molecule has 1 aromatic rings. The molecule has 1 rings (SSSR count). The molecule has 2 nitrogen and oxygen atoms in total. The van der Waals surface area contributed by atoms with E-state index >= 15 is 0 Å². The van der Waals surface area contributed by atoms with Crippen LogP contribution in [0.1, 0.15) is 25.1 Å². The molecule has 1 heterocycles. The second kappa shape index (κ2) is 3.97. The fourth-order valence-corrected chi connectivity index (χ4v) is 1.87. The lowest BCUT2D eigenvalue weighted by Crippen LogP contribution is -2.23. The van der Waals surface area contributed by atoms with Gasteiger partial charge in [0.25, 0.3) is 5.56 Å². The predicted molar refractivity (Wildman–Crippen MR) is 55.5 cm³/mol. The summed E-state index contributed by atoms with van der Waals surface area (Å²) in [5.41, 5.74) is 2.09. The van der Waals surface area contributed by atoms with Crippen molar-refractivity contribution in [3.8, 4) is 0 Å². The fraction of sp³-hybridized carbons (Fsp3) is 0.500. The van der Waals surface area contributed by atoms with Crippen molar-refractivity contribution in [2.75, 3.05) is 0 Å². The third-order valence-electron chi connectivity index (χ3n) is 2.22. The second-order valence-electron chi connectivity index (χ2n) is 3.02. The number of aryl methyl sites for hydroxylation is 1. The number of rotatable bonds is 2. The van der Waals surface area contributed by atoms with Crippen LogP contribution in [0.25, 0.3) is 0 Å². The molecular formula is C10H14ClNO. The SMILES string of the molecule is CCc1c(C)cc(Cl)c(=O)n1CC. The van der Waals surface area contributed by atoms with E-state index in [9.17, 15) is 4.79 Å². The van der Waals surface area contributed by atoms with Crippen molar-refractivity contribution in [2.24, 2.45) is 0 Å². The van der Waals surface area contributed by atoms with Crippen LogP contribution in [0.3, 0.4) is 0 Å². The van der Waals surface area contributed by atoms with Gasteiger partial charge in [-0.2, -0.15) is 0 Å². The molecule has 1 aromatic heterocycles. The van der Waals surface area contributed by atoms with Gasteiger partial charge >= 0.3 is 0 Å².